The monoisotopic (exact) mass is 305 g/mol. The molecule has 3 rings (SSSR count). The predicted octanol–water partition coefficient (Wildman–Crippen LogP) is 1.72. The summed E-state index contributed by atoms with van der Waals surface area (Å²) in [5.74, 6) is 0. The van der Waals surface area contributed by atoms with Gasteiger partial charge in [0.05, 0.1) is 17.4 Å². The van der Waals surface area contributed by atoms with Gasteiger partial charge in [0.25, 0.3) is 6.47 Å². The molecule has 7 nitrogen and oxygen atoms in total. The van der Waals surface area contributed by atoms with Crippen LogP contribution < -0.4 is 4.90 Å². The fourth-order valence-corrected chi connectivity index (χ4v) is 2.43. The number of hydrogen-bond donors (Lipinski definition) is 1. The molecule has 0 radical (unpaired) electrons. The largest absolute Gasteiger partial charge is 0.483 e. The lowest BCUT2D eigenvalue weighted by Crippen LogP contribution is -2.22. The summed E-state index contributed by atoms with van der Waals surface area (Å²) in [4.78, 5) is 14.8. The molecule has 0 amide bonds. The number of carbonyl (C=O) groups is 1. The van der Waals surface area contributed by atoms with Crippen LogP contribution in [0.5, 0.6) is 0 Å². The molecule has 0 atom stereocenters. The van der Waals surface area contributed by atoms with Crippen molar-refractivity contribution in [1.29, 1.82) is 0 Å². The Kier molecular flexibility index (Phi) is 5.22. The molecule has 0 aliphatic heterocycles. The van der Waals surface area contributed by atoms with Crippen LogP contribution in [0.25, 0.3) is 11.0 Å². The summed E-state index contributed by atoms with van der Waals surface area (Å²) in [5, 5.41) is 15.7. The van der Waals surface area contributed by atoms with Crippen molar-refractivity contribution in [3.63, 3.8) is 0 Å². The zero-order valence-corrected chi connectivity index (χ0v) is 12.3. The third-order valence-corrected chi connectivity index (χ3v) is 3.68. The van der Waals surface area contributed by atoms with E-state index in [2.05, 4.69) is 30.7 Å². The van der Waals surface area contributed by atoms with E-state index in [9.17, 15) is 0 Å². The molecule has 0 fully saturated rings. The first-order valence-corrected chi connectivity index (χ1v) is 7.09. The van der Waals surface area contributed by atoms with E-state index in [1.54, 1.807) is 16.8 Å². The van der Waals surface area contributed by atoms with Crippen LogP contribution in [0.15, 0.2) is 36.1 Å². The van der Waals surface area contributed by atoms with Gasteiger partial charge < -0.3 is 14.6 Å². The Morgan fingerprint density at radius 2 is 2.19 bits per heavy atom. The Morgan fingerprint density at radius 1 is 1.43 bits per heavy atom. The SMILES string of the molecule is CN(CCn1cnc2ccccc21)c1nncs1.O=CO. The van der Waals surface area contributed by atoms with Gasteiger partial charge in [0, 0.05) is 20.1 Å². The van der Waals surface area contributed by atoms with Crippen LogP contribution in [0.1, 0.15) is 0 Å². The van der Waals surface area contributed by atoms with Gasteiger partial charge >= 0.3 is 0 Å². The summed E-state index contributed by atoms with van der Waals surface area (Å²) in [6, 6.07) is 8.16. The standard InChI is InChI=1S/C12H13N5S.CH2O2/c1-16(12-15-14-9-18-12)6-7-17-8-13-10-4-2-3-5-11(10)17;2-1-3/h2-5,8-9H,6-7H2,1H3;1H,(H,2,3). The van der Waals surface area contributed by atoms with Gasteiger partial charge in [-0.1, -0.05) is 23.5 Å². The third-order valence-electron chi connectivity index (χ3n) is 2.88. The number of anilines is 1. The van der Waals surface area contributed by atoms with E-state index in [-0.39, 0.29) is 6.47 Å². The van der Waals surface area contributed by atoms with Crippen LogP contribution in [0.4, 0.5) is 5.13 Å². The Morgan fingerprint density at radius 3 is 2.90 bits per heavy atom. The van der Waals surface area contributed by atoms with Crippen molar-refractivity contribution in [3.8, 4) is 0 Å². The van der Waals surface area contributed by atoms with E-state index < -0.39 is 0 Å². The highest BCUT2D eigenvalue weighted by molar-refractivity contribution is 7.13. The van der Waals surface area contributed by atoms with Crippen LogP contribution in [0, 0.1) is 0 Å². The van der Waals surface area contributed by atoms with E-state index in [1.807, 2.05) is 31.6 Å². The van der Waals surface area contributed by atoms with Gasteiger partial charge in [0.15, 0.2) is 0 Å². The second-order valence-corrected chi connectivity index (χ2v) is 4.99. The fourth-order valence-electron chi connectivity index (χ4n) is 1.88. The summed E-state index contributed by atoms with van der Waals surface area (Å²) in [5.41, 5.74) is 3.96. The number of nitrogens with zero attached hydrogens (tertiary/aromatic N) is 5. The Labute approximate surface area is 125 Å². The van der Waals surface area contributed by atoms with Crippen molar-refractivity contribution in [2.24, 2.45) is 0 Å². The highest BCUT2D eigenvalue weighted by Gasteiger charge is 2.06. The number of fused-ring (bicyclic) bond motifs is 1. The van der Waals surface area contributed by atoms with E-state index in [1.165, 1.54) is 5.52 Å². The third kappa shape index (κ3) is 3.76. The summed E-state index contributed by atoms with van der Waals surface area (Å²) < 4.78 is 2.16. The fraction of sp³-hybridized carbons (Fsp3) is 0.231. The summed E-state index contributed by atoms with van der Waals surface area (Å²) in [6.07, 6.45) is 1.89. The van der Waals surface area contributed by atoms with Crippen LogP contribution in [0.3, 0.4) is 0 Å². The second-order valence-electron chi connectivity index (χ2n) is 4.17. The molecule has 110 valence electrons. The van der Waals surface area contributed by atoms with Crippen LogP contribution in [-0.4, -0.2) is 44.9 Å². The van der Waals surface area contributed by atoms with Crippen LogP contribution in [-0.2, 0) is 11.3 Å². The number of benzene rings is 1. The van der Waals surface area contributed by atoms with E-state index in [4.69, 9.17) is 9.90 Å². The Balaban J connectivity index is 0.000000497. The zero-order valence-electron chi connectivity index (χ0n) is 11.5. The molecule has 0 spiro atoms. The quantitative estimate of drug-likeness (QED) is 0.739. The first kappa shape index (κ1) is 14.9. The number of likely N-dealkylation sites (N-methyl/N-ethyl adjacent to an activating group) is 1. The molecule has 21 heavy (non-hydrogen) atoms. The molecule has 0 aliphatic carbocycles. The maximum absolute atomic E-state index is 8.36. The molecule has 1 N–H and O–H groups in total. The minimum Gasteiger partial charge on any atom is -0.483 e. The van der Waals surface area contributed by atoms with E-state index >= 15 is 0 Å². The smallest absolute Gasteiger partial charge is 0.290 e. The minimum atomic E-state index is -0.250. The van der Waals surface area contributed by atoms with Gasteiger partial charge in [0.1, 0.15) is 5.51 Å². The minimum absolute atomic E-state index is 0.250. The molecule has 0 bridgehead atoms. The van der Waals surface area contributed by atoms with Crippen molar-refractivity contribution in [3.05, 3.63) is 36.1 Å². The Bertz CT molecular complexity index is 683. The molecule has 2 aromatic heterocycles. The van der Waals surface area contributed by atoms with Gasteiger partial charge in [-0.15, -0.1) is 10.2 Å². The molecule has 1 aromatic carbocycles. The van der Waals surface area contributed by atoms with Crippen molar-refractivity contribution in [2.75, 3.05) is 18.5 Å². The normalized spacial score (nSPS) is 9.95. The molecule has 0 saturated carbocycles. The maximum Gasteiger partial charge on any atom is 0.290 e. The van der Waals surface area contributed by atoms with Crippen molar-refractivity contribution in [2.45, 2.75) is 6.54 Å². The van der Waals surface area contributed by atoms with E-state index in [0.29, 0.717) is 0 Å². The molecule has 2 heterocycles. The van der Waals surface area contributed by atoms with Crippen LogP contribution in [0.2, 0.25) is 0 Å². The summed E-state index contributed by atoms with van der Waals surface area (Å²) in [7, 11) is 2.03. The highest BCUT2D eigenvalue weighted by atomic mass is 32.1. The number of carboxylic acid groups (broad SMARTS) is 1. The molecular formula is C13H15N5O2S. The zero-order chi connectivity index (χ0) is 15.1. The van der Waals surface area contributed by atoms with Gasteiger partial charge in [-0.25, -0.2) is 4.98 Å². The molecule has 8 heteroatoms. The maximum atomic E-state index is 8.36. The lowest BCUT2D eigenvalue weighted by atomic mass is 10.3. The molecule has 0 unspecified atom stereocenters. The van der Waals surface area contributed by atoms with Gasteiger partial charge in [-0.05, 0) is 12.1 Å². The number of hydrogen-bond acceptors (Lipinski definition) is 6. The lowest BCUT2D eigenvalue weighted by Gasteiger charge is -2.15. The van der Waals surface area contributed by atoms with Gasteiger partial charge in [0.2, 0.25) is 5.13 Å². The van der Waals surface area contributed by atoms with Crippen molar-refractivity contribution < 1.29 is 9.90 Å². The summed E-state index contributed by atoms with van der Waals surface area (Å²) >= 11 is 1.55. The first-order chi connectivity index (χ1) is 10.3. The lowest BCUT2D eigenvalue weighted by molar-refractivity contribution is -0.122. The predicted molar refractivity (Wildman–Crippen MR) is 81.6 cm³/mol. The van der Waals surface area contributed by atoms with Gasteiger partial charge in [-0.3, -0.25) is 4.79 Å². The van der Waals surface area contributed by atoms with Crippen molar-refractivity contribution in [1.82, 2.24) is 19.7 Å². The van der Waals surface area contributed by atoms with E-state index in [0.717, 1.165) is 23.7 Å². The highest BCUT2D eigenvalue weighted by Crippen LogP contribution is 2.15. The number of para-hydroxylation sites is 2. The first-order valence-electron chi connectivity index (χ1n) is 6.21. The number of aromatic nitrogens is 4. The summed E-state index contributed by atoms with van der Waals surface area (Å²) in [6.45, 7) is 1.52. The average Bonchev–Trinajstić information content (AvgIpc) is 3.15. The topological polar surface area (TPSA) is 84.1 Å². The number of imidazole rings is 1. The molecular weight excluding hydrogens is 290 g/mol. The number of rotatable bonds is 4. The van der Waals surface area contributed by atoms with Gasteiger partial charge in [-0.2, -0.15) is 0 Å². The molecule has 0 saturated heterocycles. The van der Waals surface area contributed by atoms with Crippen LogP contribution >= 0.6 is 11.3 Å². The molecule has 3 aromatic rings. The average molecular weight is 305 g/mol. The second kappa shape index (κ2) is 7.34. The molecule has 0 aliphatic rings. The Hall–Kier alpha value is -2.48. The van der Waals surface area contributed by atoms with Crippen molar-refractivity contribution >= 4 is 34.0 Å².